The average Bonchev–Trinajstić information content (AvgIpc) is 2.29. The van der Waals surface area contributed by atoms with Crippen molar-refractivity contribution in [2.45, 2.75) is 12.8 Å². The largest absolute Gasteiger partial charge is 0.320 e. The van der Waals surface area contributed by atoms with Crippen molar-refractivity contribution in [2.75, 3.05) is 18.9 Å². The van der Waals surface area contributed by atoms with Crippen LogP contribution in [0.5, 0.6) is 0 Å². The third-order valence-corrected chi connectivity index (χ3v) is 2.50. The Kier molecular flexibility index (Phi) is 5.54. The molecule has 6 nitrogen and oxygen atoms in total. The highest BCUT2D eigenvalue weighted by Gasteiger charge is 2.15. The van der Waals surface area contributed by atoms with Gasteiger partial charge in [0.05, 0.1) is 4.92 Å². The Morgan fingerprint density at radius 3 is 2.83 bits per heavy atom. The minimum Gasteiger partial charge on any atom is -0.320 e. The Hall–Kier alpha value is -1.66. The standard InChI is InChI=1S/C11H14ClN3O3/c1-13-6-2-3-11(16)14-9-7-8(12)4-5-10(9)15(17)18/h4-5,7,13H,2-3,6H2,1H3,(H,14,16). The molecule has 1 rings (SSSR count). The van der Waals surface area contributed by atoms with E-state index >= 15 is 0 Å². The van der Waals surface area contributed by atoms with Crippen LogP contribution in [0.4, 0.5) is 11.4 Å². The predicted molar refractivity (Wildman–Crippen MR) is 69.9 cm³/mol. The summed E-state index contributed by atoms with van der Waals surface area (Å²) in [6.07, 6.45) is 0.960. The number of hydrogen-bond acceptors (Lipinski definition) is 4. The van der Waals surface area contributed by atoms with Crippen LogP contribution in [0.2, 0.25) is 5.02 Å². The maximum atomic E-state index is 11.6. The lowest BCUT2D eigenvalue weighted by molar-refractivity contribution is -0.383. The smallest absolute Gasteiger partial charge is 0.292 e. The molecule has 98 valence electrons. The molecule has 0 spiro atoms. The van der Waals surface area contributed by atoms with Gasteiger partial charge in [-0.1, -0.05) is 11.6 Å². The molecule has 0 saturated heterocycles. The normalized spacial score (nSPS) is 10.1. The molecule has 2 N–H and O–H groups in total. The van der Waals surface area contributed by atoms with Crippen LogP contribution in [0.3, 0.4) is 0 Å². The zero-order valence-corrected chi connectivity index (χ0v) is 10.7. The Bertz CT molecular complexity index is 451. The third kappa shape index (κ3) is 4.31. The van der Waals surface area contributed by atoms with Gasteiger partial charge in [0.25, 0.3) is 5.69 Å². The van der Waals surface area contributed by atoms with E-state index in [-0.39, 0.29) is 17.3 Å². The van der Waals surface area contributed by atoms with Crippen molar-refractivity contribution in [1.82, 2.24) is 5.32 Å². The number of nitro groups is 1. The van der Waals surface area contributed by atoms with E-state index in [0.717, 1.165) is 0 Å². The molecule has 1 aromatic carbocycles. The molecule has 0 heterocycles. The van der Waals surface area contributed by atoms with E-state index < -0.39 is 4.92 Å². The number of carbonyl (C=O) groups is 1. The van der Waals surface area contributed by atoms with Crippen LogP contribution in [-0.4, -0.2) is 24.4 Å². The fourth-order valence-corrected chi connectivity index (χ4v) is 1.58. The van der Waals surface area contributed by atoms with Crippen LogP contribution in [0, 0.1) is 10.1 Å². The second-order valence-corrected chi connectivity index (χ2v) is 4.11. The molecule has 0 saturated carbocycles. The van der Waals surface area contributed by atoms with Gasteiger partial charge in [-0.2, -0.15) is 0 Å². The fraction of sp³-hybridized carbons (Fsp3) is 0.364. The summed E-state index contributed by atoms with van der Waals surface area (Å²) in [7, 11) is 1.79. The summed E-state index contributed by atoms with van der Waals surface area (Å²) in [4.78, 5) is 21.8. The molecular formula is C11H14ClN3O3. The van der Waals surface area contributed by atoms with Gasteiger partial charge in [-0.3, -0.25) is 14.9 Å². The highest BCUT2D eigenvalue weighted by Crippen LogP contribution is 2.27. The van der Waals surface area contributed by atoms with Crippen molar-refractivity contribution in [1.29, 1.82) is 0 Å². The summed E-state index contributed by atoms with van der Waals surface area (Å²) in [5, 5.41) is 16.5. The fourth-order valence-electron chi connectivity index (χ4n) is 1.41. The molecule has 0 bridgehead atoms. The Morgan fingerprint density at radius 2 is 2.22 bits per heavy atom. The summed E-state index contributed by atoms with van der Waals surface area (Å²) in [6.45, 7) is 0.713. The molecule has 0 aromatic heterocycles. The summed E-state index contributed by atoms with van der Waals surface area (Å²) in [6, 6.07) is 4.05. The van der Waals surface area contributed by atoms with Gasteiger partial charge < -0.3 is 10.6 Å². The van der Waals surface area contributed by atoms with E-state index in [0.29, 0.717) is 24.4 Å². The van der Waals surface area contributed by atoms with E-state index in [9.17, 15) is 14.9 Å². The Balaban J connectivity index is 2.73. The first-order chi connectivity index (χ1) is 8.54. The minimum atomic E-state index is -0.556. The summed E-state index contributed by atoms with van der Waals surface area (Å²) < 4.78 is 0. The van der Waals surface area contributed by atoms with Gasteiger partial charge in [0, 0.05) is 17.5 Å². The molecule has 18 heavy (non-hydrogen) atoms. The number of carbonyl (C=O) groups excluding carboxylic acids is 1. The van der Waals surface area contributed by atoms with E-state index in [1.165, 1.54) is 18.2 Å². The lowest BCUT2D eigenvalue weighted by Gasteiger charge is -2.06. The van der Waals surface area contributed by atoms with Gasteiger partial charge in [-0.15, -0.1) is 0 Å². The van der Waals surface area contributed by atoms with E-state index in [2.05, 4.69) is 10.6 Å². The lowest BCUT2D eigenvalue weighted by atomic mass is 10.2. The number of amides is 1. The monoisotopic (exact) mass is 271 g/mol. The number of anilines is 1. The second-order valence-electron chi connectivity index (χ2n) is 3.67. The maximum absolute atomic E-state index is 11.6. The molecule has 0 aliphatic heterocycles. The van der Waals surface area contributed by atoms with Gasteiger partial charge in [0.2, 0.25) is 5.91 Å². The first kappa shape index (κ1) is 14.4. The van der Waals surface area contributed by atoms with Crippen LogP contribution in [0.15, 0.2) is 18.2 Å². The van der Waals surface area contributed by atoms with Crippen LogP contribution >= 0.6 is 11.6 Å². The molecule has 0 atom stereocenters. The van der Waals surface area contributed by atoms with Crippen molar-refractivity contribution in [3.63, 3.8) is 0 Å². The zero-order valence-electron chi connectivity index (χ0n) is 9.90. The molecule has 0 radical (unpaired) electrons. The van der Waals surface area contributed by atoms with Crippen LogP contribution < -0.4 is 10.6 Å². The van der Waals surface area contributed by atoms with Crippen LogP contribution in [-0.2, 0) is 4.79 Å². The molecule has 1 aromatic rings. The summed E-state index contributed by atoms with van der Waals surface area (Å²) >= 11 is 5.75. The Labute approximate surface area is 109 Å². The number of benzene rings is 1. The van der Waals surface area contributed by atoms with Gasteiger partial charge in [-0.25, -0.2) is 0 Å². The molecule has 1 amide bonds. The minimum absolute atomic E-state index is 0.127. The van der Waals surface area contributed by atoms with E-state index in [1.807, 2.05) is 0 Å². The predicted octanol–water partition coefficient (Wildman–Crippen LogP) is 2.19. The topological polar surface area (TPSA) is 84.3 Å². The quantitative estimate of drug-likeness (QED) is 0.472. The number of rotatable bonds is 6. The number of hydrogen-bond donors (Lipinski definition) is 2. The SMILES string of the molecule is CNCCCC(=O)Nc1cc(Cl)ccc1[N+](=O)[O-]. The van der Waals surface area contributed by atoms with Crippen molar-refractivity contribution >= 4 is 28.9 Å². The molecular weight excluding hydrogens is 258 g/mol. The summed E-state index contributed by atoms with van der Waals surface area (Å²) in [5.41, 5.74) is -0.0386. The first-order valence-electron chi connectivity index (χ1n) is 5.43. The van der Waals surface area contributed by atoms with Crippen LogP contribution in [0.1, 0.15) is 12.8 Å². The maximum Gasteiger partial charge on any atom is 0.292 e. The van der Waals surface area contributed by atoms with Crippen molar-refractivity contribution in [3.05, 3.63) is 33.3 Å². The van der Waals surface area contributed by atoms with Gasteiger partial charge in [0.15, 0.2) is 0 Å². The van der Waals surface area contributed by atoms with Crippen molar-refractivity contribution in [2.24, 2.45) is 0 Å². The molecule has 7 heteroatoms. The molecule has 0 aliphatic carbocycles. The number of nitro benzene ring substituents is 1. The van der Waals surface area contributed by atoms with Crippen molar-refractivity contribution < 1.29 is 9.72 Å². The van der Waals surface area contributed by atoms with E-state index in [4.69, 9.17) is 11.6 Å². The average molecular weight is 272 g/mol. The van der Waals surface area contributed by atoms with Crippen molar-refractivity contribution in [3.8, 4) is 0 Å². The number of nitrogens with one attached hydrogen (secondary N) is 2. The number of halogens is 1. The van der Waals surface area contributed by atoms with Gasteiger partial charge in [0.1, 0.15) is 5.69 Å². The highest BCUT2D eigenvalue weighted by molar-refractivity contribution is 6.31. The second kappa shape index (κ2) is 6.93. The lowest BCUT2D eigenvalue weighted by Crippen LogP contribution is -2.15. The molecule has 0 aliphatic rings. The number of nitrogens with zero attached hydrogens (tertiary/aromatic N) is 1. The Morgan fingerprint density at radius 1 is 1.50 bits per heavy atom. The highest BCUT2D eigenvalue weighted by atomic mass is 35.5. The van der Waals surface area contributed by atoms with Gasteiger partial charge in [-0.05, 0) is 32.1 Å². The molecule has 0 unspecified atom stereocenters. The van der Waals surface area contributed by atoms with E-state index in [1.54, 1.807) is 7.05 Å². The van der Waals surface area contributed by atoms with Crippen LogP contribution in [0.25, 0.3) is 0 Å². The molecule has 0 fully saturated rings. The first-order valence-corrected chi connectivity index (χ1v) is 5.80. The third-order valence-electron chi connectivity index (χ3n) is 2.26. The zero-order chi connectivity index (χ0) is 13.5. The van der Waals surface area contributed by atoms with Gasteiger partial charge >= 0.3 is 0 Å². The summed E-state index contributed by atoms with van der Waals surface area (Å²) in [5.74, 6) is -0.268.